The highest BCUT2D eigenvalue weighted by Gasteiger charge is 2.28. The minimum Gasteiger partial charge on any atom is -0.314 e. The molecule has 0 amide bonds. The van der Waals surface area contributed by atoms with E-state index in [4.69, 9.17) is 0 Å². The second kappa shape index (κ2) is 4.97. The van der Waals surface area contributed by atoms with Crippen molar-refractivity contribution in [2.45, 2.75) is 51.0 Å². The van der Waals surface area contributed by atoms with Crippen LogP contribution in [0.15, 0.2) is 12.7 Å². The molecule has 0 aliphatic heterocycles. The van der Waals surface area contributed by atoms with Crippen molar-refractivity contribution >= 4 is 0 Å². The summed E-state index contributed by atoms with van der Waals surface area (Å²) in [5, 5.41) is 3.68. The van der Waals surface area contributed by atoms with Gasteiger partial charge in [-0.3, -0.25) is 0 Å². The van der Waals surface area contributed by atoms with Gasteiger partial charge in [-0.15, -0.1) is 6.58 Å². The highest BCUT2D eigenvalue weighted by atomic mass is 14.9. The van der Waals surface area contributed by atoms with Gasteiger partial charge in [0.25, 0.3) is 0 Å². The molecule has 2 aliphatic carbocycles. The summed E-state index contributed by atoms with van der Waals surface area (Å²) in [5.41, 5.74) is 0. The van der Waals surface area contributed by atoms with Crippen molar-refractivity contribution in [3.05, 3.63) is 12.7 Å². The van der Waals surface area contributed by atoms with Crippen LogP contribution in [0.5, 0.6) is 0 Å². The summed E-state index contributed by atoms with van der Waals surface area (Å²) in [6.07, 6.45) is 11.9. The van der Waals surface area contributed by atoms with Crippen molar-refractivity contribution in [1.82, 2.24) is 5.32 Å². The quantitative estimate of drug-likeness (QED) is 0.639. The molecule has 2 unspecified atom stereocenters. The molecule has 1 N–H and O–H groups in total. The molecular formula is C13H23N. The molecule has 0 spiro atoms. The van der Waals surface area contributed by atoms with Crippen LogP contribution in [-0.2, 0) is 0 Å². The molecule has 0 aromatic carbocycles. The van der Waals surface area contributed by atoms with Crippen molar-refractivity contribution in [1.29, 1.82) is 0 Å². The van der Waals surface area contributed by atoms with Crippen LogP contribution in [0.25, 0.3) is 0 Å². The van der Waals surface area contributed by atoms with E-state index in [1.807, 2.05) is 0 Å². The molecular weight excluding hydrogens is 170 g/mol. The van der Waals surface area contributed by atoms with E-state index in [1.54, 1.807) is 0 Å². The number of nitrogens with one attached hydrogen (secondary N) is 1. The van der Waals surface area contributed by atoms with Crippen molar-refractivity contribution in [3.63, 3.8) is 0 Å². The molecule has 2 aliphatic rings. The highest BCUT2D eigenvalue weighted by Crippen LogP contribution is 2.35. The number of hydrogen-bond donors (Lipinski definition) is 1. The van der Waals surface area contributed by atoms with Crippen LogP contribution in [0.4, 0.5) is 0 Å². The van der Waals surface area contributed by atoms with Crippen molar-refractivity contribution < 1.29 is 0 Å². The molecule has 2 saturated carbocycles. The molecule has 0 aromatic heterocycles. The Hall–Kier alpha value is -0.300. The summed E-state index contributed by atoms with van der Waals surface area (Å²) in [6, 6.07) is 0.885. The van der Waals surface area contributed by atoms with Crippen molar-refractivity contribution in [2.24, 2.45) is 11.8 Å². The molecule has 80 valence electrons. The predicted molar refractivity (Wildman–Crippen MR) is 61.3 cm³/mol. The van der Waals surface area contributed by atoms with E-state index < -0.39 is 0 Å². The van der Waals surface area contributed by atoms with E-state index in [1.165, 1.54) is 51.5 Å². The first-order chi connectivity index (χ1) is 6.90. The summed E-state index contributed by atoms with van der Waals surface area (Å²) in [7, 11) is 0. The lowest BCUT2D eigenvalue weighted by molar-refractivity contribution is 0.348. The minimum atomic E-state index is 0.885. The molecule has 2 rings (SSSR count). The Kier molecular flexibility index (Phi) is 3.63. The van der Waals surface area contributed by atoms with Gasteiger partial charge in [0.15, 0.2) is 0 Å². The third-order valence-corrected chi connectivity index (χ3v) is 3.80. The van der Waals surface area contributed by atoms with Gasteiger partial charge in [-0.05, 0) is 50.5 Å². The van der Waals surface area contributed by atoms with Crippen LogP contribution in [0, 0.1) is 11.8 Å². The molecule has 0 aromatic rings. The number of hydrogen-bond acceptors (Lipinski definition) is 1. The van der Waals surface area contributed by atoms with Crippen LogP contribution in [0.1, 0.15) is 44.9 Å². The number of rotatable bonds is 6. The summed E-state index contributed by atoms with van der Waals surface area (Å²) in [6.45, 7) is 5.10. The van der Waals surface area contributed by atoms with E-state index in [2.05, 4.69) is 18.0 Å². The Morgan fingerprint density at radius 3 is 2.64 bits per heavy atom. The molecule has 1 nitrogen and oxygen atoms in total. The van der Waals surface area contributed by atoms with Gasteiger partial charge in [-0.25, -0.2) is 0 Å². The topological polar surface area (TPSA) is 12.0 Å². The fourth-order valence-electron chi connectivity index (χ4n) is 2.70. The minimum absolute atomic E-state index is 0.885. The van der Waals surface area contributed by atoms with Crippen LogP contribution in [0.3, 0.4) is 0 Å². The lowest BCUT2D eigenvalue weighted by Gasteiger charge is -2.19. The standard InChI is InChI=1S/C13H23N/c1-2-3-5-11-6-4-7-12(11)10-14-13-8-9-13/h2,11-14H,1,3-10H2. The van der Waals surface area contributed by atoms with Gasteiger partial charge in [-0.1, -0.05) is 18.9 Å². The van der Waals surface area contributed by atoms with Crippen LogP contribution < -0.4 is 5.32 Å². The fourth-order valence-corrected chi connectivity index (χ4v) is 2.70. The third-order valence-electron chi connectivity index (χ3n) is 3.80. The van der Waals surface area contributed by atoms with Gasteiger partial charge >= 0.3 is 0 Å². The zero-order valence-electron chi connectivity index (χ0n) is 9.17. The second-order valence-electron chi connectivity index (χ2n) is 5.00. The van der Waals surface area contributed by atoms with Gasteiger partial charge in [0.2, 0.25) is 0 Å². The molecule has 0 bridgehead atoms. The lowest BCUT2D eigenvalue weighted by atomic mass is 9.91. The Bertz CT molecular complexity index is 184. The van der Waals surface area contributed by atoms with Crippen molar-refractivity contribution in [2.75, 3.05) is 6.54 Å². The summed E-state index contributed by atoms with van der Waals surface area (Å²) in [4.78, 5) is 0. The van der Waals surface area contributed by atoms with E-state index in [0.717, 1.165) is 17.9 Å². The summed E-state index contributed by atoms with van der Waals surface area (Å²) >= 11 is 0. The van der Waals surface area contributed by atoms with Gasteiger partial charge in [0.1, 0.15) is 0 Å². The zero-order chi connectivity index (χ0) is 9.80. The van der Waals surface area contributed by atoms with E-state index >= 15 is 0 Å². The van der Waals surface area contributed by atoms with Crippen LogP contribution >= 0.6 is 0 Å². The lowest BCUT2D eigenvalue weighted by Crippen LogP contribution is -2.26. The first kappa shape index (κ1) is 10.2. The van der Waals surface area contributed by atoms with E-state index in [-0.39, 0.29) is 0 Å². The highest BCUT2D eigenvalue weighted by molar-refractivity contribution is 4.86. The van der Waals surface area contributed by atoms with E-state index in [0.29, 0.717) is 0 Å². The second-order valence-corrected chi connectivity index (χ2v) is 5.00. The van der Waals surface area contributed by atoms with Gasteiger partial charge in [0, 0.05) is 6.04 Å². The molecule has 1 heteroatoms. The monoisotopic (exact) mass is 193 g/mol. The average molecular weight is 193 g/mol. The average Bonchev–Trinajstić information content (AvgIpc) is 2.92. The fraction of sp³-hybridized carbons (Fsp3) is 0.846. The third kappa shape index (κ3) is 2.84. The predicted octanol–water partition coefficient (Wildman–Crippen LogP) is 3.12. The first-order valence-corrected chi connectivity index (χ1v) is 6.24. The Balaban J connectivity index is 1.68. The van der Waals surface area contributed by atoms with Crippen molar-refractivity contribution in [3.8, 4) is 0 Å². The van der Waals surface area contributed by atoms with E-state index in [9.17, 15) is 0 Å². The first-order valence-electron chi connectivity index (χ1n) is 6.24. The summed E-state index contributed by atoms with van der Waals surface area (Å²) < 4.78 is 0. The van der Waals surface area contributed by atoms with Gasteiger partial charge in [0.05, 0.1) is 0 Å². The maximum Gasteiger partial charge on any atom is 0.00683 e. The molecule has 2 atom stereocenters. The number of allylic oxidation sites excluding steroid dienone is 1. The zero-order valence-corrected chi connectivity index (χ0v) is 9.17. The molecule has 0 heterocycles. The smallest absolute Gasteiger partial charge is 0.00683 e. The van der Waals surface area contributed by atoms with Gasteiger partial charge in [-0.2, -0.15) is 0 Å². The van der Waals surface area contributed by atoms with Crippen LogP contribution in [-0.4, -0.2) is 12.6 Å². The normalized spacial score (nSPS) is 32.0. The Morgan fingerprint density at radius 1 is 1.14 bits per heavy atom. The SMILES string of the molecule is C=CCCC1CCCC1CNC1CC1. The Labute approximate surface area is 88.0 Å². The molecule has 0 saturated heterocycles. The Morgan fingerprint density at radius 2 is 1.93 bits per heavy atom. The van der Waals surface area contributed by atoms with Crippen LogP contribution in [0.2, 0.25) is 0 Å². The summed E-state index contributed by atoms with van der Waals surface area (Å²) in [5.74, 6) is 1.95. The molecule has 14 heavy (non-hydrogen) atoms. The largest absolute Gasteiger partial charge is 0.314 e. The maximum atomic E-state index is 3.82. The van der Waals surface area contributed by atoms with Gasteiger partial charge < -0.3 is 5.32 Å². The molecule has 0 radical (unpaired) electrons. The maximum absolute atomic E-state index is 3.82. The molecule has 2 fully saturated rings.